The molecule has 0 aliphatic rings. The summed E-state index contributed by atoms with van der Waals surface area (Å²) in [6.07, 6.45) is 0. The zero-order chi connectivity index (χ0) is 98.1. The summed E-state index contributed by atoms with van der Waals surface area (Å²) in [5.41, 5.74) is 24.3. The monoisotopic (exact) mass is 1940 g/mol. The number of rotatable bonds is 13. The van der Waals surface area contributed by atoms with Crippen LogP contribution in [0.1, 0.15) is 0 Å². The zero-order valence-electron chi connectivity index (χ0n) is 79.7. The Balaban J connectivity index is 0.000000106. The molecule has 0 aliphatic carbocycles. The number of benzene rings is 21. The van der Waals surface area contributed by atoms with Gasteiger partial charge in [-0.3, -0.25) is 4.57 Å². The fourth-order valence-corrected chi connectivity index (χ4v) is 23.7. The van der Waals surface area contributed by atoms with Gasteiger partial charge in [0.15, 0.2) is 46.6 Å². The lowest BCUT2D eigenvalue weighted by Gasteiger charge is -2.11. The molecule has 0 fully saturated rings. The van der Waals surface area contributed by atoms with Gasteiger partial charge < -0.3 is 18.0 Å². The average Bonchev–Trinajstić information content (AvgIpc) is 1.56. The van der Waals surface area contributed by atoms with Crippen molar-refractivity contribution in [2.75, 3.05) is 0 Å². The maximum atomic E-state index is 6.41. The third kappa shape index (κ3) is 15.1. The SMILES string of the molecule is c1ccc(-c2nc(-c3cccc4c3oc3ccccc34)nc(-n3c4ccccc4c4cc5c(cc43)oc3ccccc35)n2)cc1.c1ccc(-c2nc(-c3ccccc3)nc(-c3ccc(-n4c5ccc(-c6ccc7sc8ccccc8c7c6)cc5c5c6ccccc6ccc54)cc3)n2)cc1.c1ccc(-c2nc(-c3ccccc3)nc(-c3ccc(-n4c5ccccc5c5cc(-c6ccc7sc8ccccc8c7c6)ccc54)cc3)n2)cc1. The third-order valence-electron chi connectivity index (χ3n) is 28.6. The average molecular weight is 1940 g/mol. The van der Waals surface area contributed by atoms with E-state index in [1.54, 1.807) is 0 Å². The van der Waals surface area contributed by atoms with Crippen molar-refractivity contribution in [1.82, 2.24) is 58.6 Å². The van der Waals surface area contributed by atoms with Crippen LogP contribution in [0.15, 0.2) is 494 Å². The minimum atomic E-state index is 0.522. The lowest BCUT2D eigenvalue weighted by molar-refractivity contribution is 0.669. The van der Waals surface area contributed by atoms with E-state index in [0.29, 0.717) is 52.5 Å². The number of aromatic nitrogens is 12. The highest BCUT2D eigenvalue weighted by atomic mass is 32.1. The second-order valence-corrected chi connectivity index (χ2v) is 39.5. The van der Waals surface area contributed by atoms with Crippen molar-refractivity contribution in [3.05, 3.63) is 485 Å². The van der Waals surface area contributed by atoms with Crippen LogP contribution in [0.5, 0.6) is 0 Å². The highest BCUT2D eigenvalue weighted by Gasteiger charge is 2.26. The summed E-state index contributed by atoms with van der Waals surface area (Å²) in [6.45, 7) is 0. The van der Waals surface area contributed by atoms with Gasteiger partial charge in [-0.2, -0.15) is 9.97 Å². The first kappa shape index (κ1) is 86.1. The van der Waals surface area contributed by atoms with Crippen LogP contribution < -0.4 is 0 Å². The highest BCUT2D eigenvalue weighted by Crippen LogP contribution is 2.47. The Labute approximate surface area is 860 Å². The Morgan fingerprint density at radius 2 is 0.503 bits per heavy atom. The molecule has 0 radical (unpaired) electrons. The van der Waals surface area contributed by atoms with Crippen molar-refractivity contribution in [3.63, 3.8) is 0 Å². The molecule has 0 atom stereocenters. The fourth-order valence-electron chi connectivity index (χ4n) is 21.5. The molecule has 21 aromatic carbocycles. The number of hydrogen-bond donors (Lipinski definition) is 0. The van der Waals surface area contributed by atoms with Gasteiger partial charge >= 0.3 is 0 Å². The first-order valence-corrected chi connectivity index (χ1v) is 51.3. The maximum absolute atomic E-state index is 6.41. The third-order valence-corrected chi connectivity index (χ3v) is 30.9. The van der Waals surface area contributed by atoms with Crippen molar-refractivity contribution in [3.8, 4) is 131 Å². The first-order chi connectivity index (χ1) is 73.8. The van der Waals surface area contributed by atoms with E-state index in [-0.39, 0.29) is 0 Å². The van der Waals surface area contributed by atoms with Crippen molar-refractivity contribution in [2.24, 2.45) is 0 Å². The molecule has 16 heteroatoms. The van der Waals surface area contributed by atoms with E-state index in [1.165, 1.54) is 111 Å². The predicted octanol–water partition coefficient (Wildman–Crippen LogP) is 35.3. The summed E-state index contributed by atoms with van der Waals surface area (Å²) >= 11 is 3.71. The molecular formula is C133H80N12O2S2. The van der Waals surface area contributed by atoms with Crippen molar-refractivity contribution >= 4 is 183 Å². The minimum Gasteiger partial charge on any atom is -0.456 e. The smallest absolute Gasteiger partial charge is 0.238 e. The number of furan rings is 2. The van der Waals surface area contributed by atoms with E-state index >= 15 is 0 Å². The van der Waals surface area contributed by atoms with E-state index < -0.39 is 0 Å². The highest BCUT2D eigenvalue weighted by molar-refractivity contribution is 7.26. The van der Waals surface area contributed by atoms with Gasteiger partial charge in [-0.25, -0.2) is 34.9 Å². The number of fused-ring (bicyclic) bond motifs is 23. The topological polar surface area (TPSA) is 157 Å². The Kier molecular flexibility index (Phi) is 20.6. The molecule has 0 spiro atoms. The van der Waals surface area contributed by atoms with Gasteiger partial charge in [0.1, 0.15) is 22.3 Å². The summed E-state index contributed by atoms with van der Waals surface area (Å²) in [5.74, 6) is 5.55. The summed E-state index contributed by atoms with van der Waals surface area (Å²) in [5, 5.41) is 19.2. The molecule has 0 saturated heterocycles. The van der Waals surface area contributed by atoms with Gasteiger partial charge in [0, 0.05) is 151 Å². The van der Waals surface area contributed by atoms with Gasteiger partial charge in [0.25, 0.3) is 0 Å². The van der Waals surface area contributed by atoms with E-state index in [4.69, 9.17) is 53.7 Å². The van der Waals surface area contributed by atoms with E-state index in [2.05, 4.69) is 293 Å². The molecular weight excluding hydrogens is 1860 g/mol. The van der Waals surface area contributed by atoms with Gasteiger partial charge in [-0.1, -0.05) is 328 Å². The molecule has 31 rings (SSSR count). The molecule has 0 bridgehead atoms. The second kappa shape index (κ2) is 35.7. The lowest BCUT2D eigenvalue weighted by Crippen LogP contribution is -2.06. The molecule has 696 valence electrons. The number of thiophene rings is 2. The first-order valence-electron chi connectivity index (χ1n) is 49.7. The lowest BCUT2D eigenvalue weighted by atomic mass is 9.99. The molecule has 0 aliphatic heterocycles. The molecule has 0 unspecified atom stereocenters. The molecule has 0 saturated carbocycles. The van der Waals surface area contributed by atoms with Crippen molar-refractivity contribution < 1.29 is 8.83 Å². The molecule has 31 aromatic rings. The van der Waals surface area contributed by atoms with Crippen molar-refractivity contribution in [1.29, 1.82) is 0 Å². The van der Waals surface area contributed by atoms with Crippen molar-refractivity contribution in [2.45, 2.75) is 0 Å². The van der Waals surface area contributed by atoms with Crippen LogP contribution in [0.2, 0.25) is 0 Å². The van der Waals surface area contributed by atoms with Crippen LogP contribution >= 0.6 is 22.7 Å². The summed E-state index contributed by atoms with van der Waals surface area (Å²) in [4.78, 5) is 44.8. The number of para-hydroxylation sites is 5. The predicted molar refractivity (Wildman–Crippen MR) is 615 cm³/mol. The van der Waals surface area contributed by atoms with Gasteiger partial charge in [-0.05, 0) is 185 Å². The molecule has 14 nitrogen and oxygen atoms in total. The summed E-state index contributed by atoms with van der Waals surface area (Å²) < 4.78 is 24.9. The van der Waals surface area contributed by atoms with E-state index in [1.807, 2.05) is 229 Å². The van der Waals surface area contributed by atoms with Crippen LogP contribution in [0, 0.1) is 0 Å². The largest absolute Gasteiger partial charge is 0.456 e. The standard InChI is InChI=1S/C49H30N4S.C45H28N4S.C39H22N4O2/c1-3-12-32(13-4-1)47-50-48(33-14-5-2-6-15-33)52-49(51-47)34-19-24-37(25-20-34)53-42-26-22-35(30-41(42)46-38-16-8-7-11-31(38)21-27-43(46)53)36-23-28-45-40(29-36)39-17-9-10-18-44(39)54-45;1-3-11-29(12-4-1)43-46-44(30-13-5-2-6-14-30)48-45(47-43)31-19-23-34(24-20-31)49-39-17-9-7-15-35(39)37-27-32(21-25-40(37)49)33-22-26-42-38(28-33)36-16-8-10-18-41(36)50-42;1-2-11-23(12-3-1)37-40-38(28-17-10-16-27-25-14-5-9-20-34(25)45-36(27)28)42-39(41-37)43-31-18-7-4-13-24(31)29-21-30-26-15-6-8-19-33(26)44-35(30)22-32(29)43/h1-30H;1-28H;1-22H. The Morgan fingerprint density at radius 1 is 0.168 bits per heavy atom. The Morgan fingerprint density at radius 3 is 1.01 bits per heavy atom. The van der Waals surface area contributed by atoms with Gasteiger partial charge in [0.2, 0.25) is 5.95 Å². The molecule has 0 amide bonds. The van der Waals surface area contributed by atoms with E-state index in [9.17, 15) is 0 Å². The molecule has 10 heterocycles. The fraction of sp³-hybridized carbons (Fsp3) is 0. The van der Waals surface area contributed by atoms with Crippen LogP contribution in [0.25, 0.3) is 291 Å². The quantitative estimate of drug-likeness (QED) is 0.108. The Hall–Kier alpha value is -19.7. The van der Waals surface area contributed by atoms with Gasteiger partial charge in [-0.15, -0.1) is 22.7 Å². The maximum Gasteiger partial charge on any atom is 0.238 e. The molecule has 149 heavy (non-hydrogen) atoms. The van der Waals surface area contributed by atoms with Crippen LogP contribution in [-0.2, 0) is 0 Å². The summed E-state index contributed by atoms with van der Waals surface area (Å²) in [6, 6.07) is 170. The van der Waals surface area contributed by atoms with Crippen LogP contribution in [0.4, 0.5) is 0 Å². The number of nitrogens with zero attached hydrogens (tertiary/aromatic N) is 12. The Bertz CT molecular complexity index is 10600. The van der Waals surface area contributed by atoms with E-state index in [0.717, 1.165) is 127 Å². The summed E-state index contributed by atoms with van der Waals surface area (Å²) in [7, 11) is 0. The zero-order valence-corrected chi connectivity index (χ0v) is 81.3. The van der Waals surface area contributed by atoms with Gasteiger partial charge in [0.05, 0.1) is 38.7 Å². The normalized spacial score (nSPS) is 11.8. The minimum absolute atomic E-state index is 0.522. The second-order valence-electron chi connectivity index (χ2n) is 37.4. The van der Waals surface area contributed by atoms with Crippen LogP contribution in [-0.4, -0.2) is 58.6 Å². The molecule has 0 N–H and O–H groups in total. The number of hydrogen-bond acceptors (Lipinski definition) is 13. The van der Waals surface area contributed by atoms with Crippen LogP contribution in [0.3, 0.4) is 0 Å². The molecule has 10 aromatic heterocycles.